The minimum Gasteiger partial charge on any atom is -0.462 e. The monoisotopic (exact) mass is 371 g/mol. The van der Waals surface area contributed by atoms with Crippen molar-refractivity contribution in [2.45, 2.75) is 37.5 Å². The maximum atomic E-state index is 14.5. The van der Waals surface area contributed by atoms with Crippen molar-refractivity contribution in [3.63, 3.8) is 0 Å². The molecule has 1 amide bonds. The largest absolute Gasteiger partial charge is 0.462 e. The Morgan fingerprint density at radius 1 is 1.54 bits per heavy atom. The Bertz CT molecular complexity index is 743. The van der Waals surface area contributed by atoms with Crippen molar-refractivity contribution in [3.05, 3.63) is 35.1 Å². The van der Waals surface area contributed by atoms with Crippen LogP contribution in [0.25, 0.3) is 0 Å². The summed E-state index contributed by atoms with van der Waals surface area (Å²) in [6.07, 6.45) is -3.21. The molecule has 9 heteroatoms. The molecule has 142 valence electrons. The molecule has 1 fully saturated rings. The quantitative estimate of drug-likeness (QED) is 0.798. The summed E-state index contributed by atoms with van der Waals surface area (Å²) in [7, 11) is 1.49. The van der Waals surface area contributed by atoms with Gasteiger partial charge in [0.25, 0.3) is 18.4 Å². The van der Waals surface area contributed by atoms with Crippen LogP contribution in [-0.2, 0) is 15.0 Å². The van der Waals surface area contributed by atoms with Crippen LogP contribution in [0.2, 0.25) is 0 Å². The SMILES string of the molecule is COC[C@H](C)NC(=O)c1ccc(F)c([C@]2(C(F)F)N=C(N)O[C@H]3C[C@H]32)c1. The summed E-state index contributed by atoms with van der Waals surface area (Å²) in [4.78, 5) is 16.1. The Kier molecular flexibility index (Phi) is 4.83. The number of fused-ring (bicyclic) bond motifs is 1. The number of ether oxygens (including phenoxy) is 2. The molecule has 0 bridgehead atoms. The number of carbonyl (C=O) groups is 1. The van der Waals surface area contributed by atoms with Crippen LogP contribution in [0.1, 0.15) is 29.3 Å². The molecule has 0 aromatic heterocycles. The molecule has 3 N–H and O–H groups in total. The Balaban J connectivity index is 1.99. The van der Waals surface area contributed by atoms with Crippen LogP contribution >= 0.6 is 0 Å². The van der Waals surface area contributed by atoms with Gasteiger partial charge in [-0.05, 0) is 31.5 Å². The predicted molar refractivity (Wildman–Crippen MR) is 87.5 cm³/mol. The topological polar surface area (TPSA) is 85.9 Å². The maximum absolute atomic E-state index is 14.5. The van der Waals surface area contributed by atoms with Gasteiger partial charge in [0.2, 0.25) is 0 Å². The first-order valence-corrected chi connectivity index (χ1v) is 8.19. The van der Waals surface area contributed by atoms with Gasteiger partial charge in [-0.1, -0.05) is 0 Å². The number of hydrogen-bond donors (Lipinski definition) is 2. The second-order valence-electron chi connectivity index (χ2n) is 6.60. The summed E-state index contributed by atoms with van der Waals surface area (Å²) in [5, 5.41) is 2.66. The first kappa shape index (κ1) is 18.5. The van der Waals surface area contributed by atoms with Crippen LogP contribution in [0.15, 0.2) is 23.2 Å². The van der Waals surface area contributed by atoms with Crippen LogP contribution in [0.3, 0.4) is 0 Å². The molecule has 0 saturated heterocycles. The molecule has 1 heterocycles. The molecule has 1 aliphatic carbocycles. The zero-order valence-corrected chi connectivity index (χ0v) is 14.3. The van der Waals surface area contributed by atoms with Crippen LogP contribution in [0.5, 0.6) is 0 Å². The second-order valence-corrected chi connectivity index (χ2v) is 6.60. The molecule has 3 rings (SSSR count). The normalized spacial score (nSPS) is 28.0. The van der Waals surface area contributed by atoms with Gasteiger partial charge in [0, 0.05) is 30.2 Å². The lowest BCUT2D eigenvalue weighted by Gasteiger charge is -2.33. The highest BCUT2D eigenvalue weighted by Gasteiger charge is 2.64. The number of aliphatic imine (C=N–C) groups is 1. The van der Waals surface area contributed by atoms with Crippen molar-refractivity contribution in [1.29, 1.82) is 0 Å². The average molecular weight is 371 g/mol. The predicted octanol–water partition coefficient (Wildman–Crippen LogP) is 1.78. The van der Waals surface area contributed by atoms with Crippen molar-refractivity contribution in [3.8, 4) is 0 Å². The Labute approximate surface area is 148 Å². The Morgan fingerprint density at radius 3 is 2.92 bits per heavy atom. The third-order valence-corrected chi connectivity index (χ3v) is 4.65. The van der Waals surface area contributed by atoms with Gasteiger partial charge in [0.05, 0.1) is 6.61 Å². The van der Waals surface area contributed by atoms with E-state index in [1.165, 1.54) is 13.2 Å². The smallest absolute Gasteiger partial charge is 0.283 e. The third-order valence-electron chi connectivity index (χ3n) is 4.65. The summed E-state index contributed by atoms with van der Waals surface area (Å²) in [5.74, 6) is -2.07. The molecule has 1 aromatic rings. The number of methoxy groups -OCH3 is 1. The van der Waals surface area contributed by atoms with E-state index in [2.05, 4.69) is 10.3 Å². The van der Waals surface area contributed by atoms with Crippen LogP contribution in [0, 0.1) is 11.7 Å². The minimum absolute atomic E-state index is 0.0573. The van der Waals surface area contributed by atoms with Crippen LogP contribution < -0.4 is 11.1 Å². The number of nitrogens with one attached hydrogen (secondary N) is 1. The fourth-order valence-electron chi connectivity index (χ4n) is 3.37. The number of amides is 1. The van der Waals surface area contributed by atoms with E-state index in [-0.39, 0.29) is 23.8 Å². The highest BCUT2D eigenvalue weighted by Crippen LogP contribution is 2.56. The minimum atomic E-state index is -3.00. The molecule has 1 aromatic carbocycles. The van der Waals surface area contributed by atoms with Gasteiger partial charge in [-0.2, -0.15) is 0 Å². The van der Waals surface area contributed by atoms with E-state index >= 15 is 0 Å². The highest BCUT2D eigenvalue weighted by molar-refractivity contribution is 5.94. The Morgan fingerprint density at radius 2 is 2.27 bits per heavy atom. The van der Waals surface area contributed by atoms with Crippen molar-refractivity contribution in [1.82, 2.24) is 5.32 Å². The lowest BCUT2D eigenvalue weighted by atomic mass is 9.84. The van der Waals surface area contributed by atoms with Crippen LogP contribution in [0.4, 0.5) is 13.2 Å². The molecule has 1 saturated carbocycles. The van der Waals surface area contributed by atoms with Crippen molar-refractivity contribution in [2.24, 2.45) is 16.6 Å². The number of carbonyl (C=O) groups excluding carboxylic acids is 1. The lowest BCUT2D eigenvalue weighted by Crippen LogP contribution is -2.43. The van der Waals surface area contributed by atoms with Gasteiger partial charge < -0.3 is 20.5 Å². The molecule has 4 atom stereocenters. The standard InChI is InChI=1S/C17H20F3N3O3/c1-8(7-25-2)22-14(24)9-3-4-12(18)10(5-9)17(15(19)20)11-6-13(11)26-16(21)23-17/h3-5,8,11,13,15H,6-7H2,1-2H3,(H2,21,23)(H,22,24)/t8-,11+,13-,17-/m0/s1. The van der Waals surface area contributed by atoms with E-state index < -0.39 is 41.7 Å². The van der Waals surface area contributed by atoms with Crippen molar-refractivity contribution >= 4 is 11.9 Å². The summed E-state index contributed by atoms with van der Waals surface area (Å²) in [5.41, 5.74) is 3.09. The second kappa shape index (κ2) is 6.79. The number of nitrogens with zero attached hydrogens (tertiary/aromatic N) is 1. The molecule has 0 radical (unpaired) electrons. The van der Waals surface area contributed by atoms with E-state index in [4.69, 9.17) is 15.2 Å². The number of alkyl halides is 2. The fourth-order valence-corrected chi connectivity index (χ4v) is 3.37. The first-order valence-electron chi connectivity index (χ1n) is 8.19. The zero-order chi connectivity index (χ0) is 19.1. The molecule has 0 unspecified atom stereocenters. The Hall–Kier alpha value is -2.29. The van der Waals surface area contributed by atoms with Gasteiger partial charge >= 0.3 is 0 Å². The molecule has 26 heavy (non-hydrogen) atoms. The number of amidine groups is 1. The van der Waals surface area contributed by atoms with E-state index in [1.54, 1.807) is 6.92 Å². The summed E-state index contributed by atoms with van der Waals surface area (Å²) < 4.78 is 52.7. The van der Waals surface area contributed by atoms with Gasteiger partial charge in [0.1, 0.15) is 11.9 Å². The van der Waals surface area contributed by atoms with Gasteiger partial charge in [-0.25, -0.2) is 18.2 Å². The van der Waals surface area contributed by atoms with E-state index in [1.807, 2.05) is 0 Å². The maximum Gasteiger partial charge on any atom is 0.283 e. The summed E-state index contributed by atoms with van der Waals surface area (Å²) in [6.45, 7) is 2.01. The molecular weight excluding hydrogens is 351 g/mol. The average Bonchev–Trinajstić information content (AvgIpc) is 3.33. The molecule has 2 aliphatic rings. The fraction of sp³-hybridized carbons (Fsp3) is 0.529. The van der Waals surface area contributed by atoms with Gasteiger partial charge in [0.15, 0.2) is 5.54 Å². The number of halogens is 3. The van der Waals surface area contributed by atoms with Crippen molar-refractivity contribution < 1.29 is 27.4 Å². The number of benzene rings is 1. The number of nitrogens with two attached hydrogens (primary N) is 1. The molecular formula is C17H20F3N3O3. The van der Waals surface area contributed by atoms with E-state index in [0.717, 1.165) is 12.1 Å². The summed E-state index contributed by atoms with van der Waals surface area (Å²) in [6, 6.07) is 2.66. The zero-order valence-electron chi connectivity index (χ0n) is 14.3. The first-order chi connectivity index (χ1) is 12.3. The molecule has 1 aliphatic heterocycles. The van der Waals surface area contributed by atoms with Gasteiger partial charge in [-0.3, -0.25) is 4.79 Å². The van der Waals surface area contributed by atoms with Gasteiger partial charge in [-0.15, -0.1) is 0 Å². The summed E-state index contributed by atoms with van der Waals surface area (Å²) >= 11 is 0. The van der Waals surface area contributed by atoms with Crippen LogP contribution in [-0.4, -0.2) is 44.2 Å². The number of hydrogen-bond acceptors (Lipinski definition) is 5. The lowest BCUT2D eigenvalue weighted by molar-refractivity contribution is 0.0176. The molecule has 0 spiro atoms. The van der Waals surface area contributed by atoms with E-state index in [9.17, 15) is 18.0 Å². The van der Waals surface area contributed by atoms with E-state index in [0.29, 0.717) is 6.42 Å². The molecule has 6 nitrogen and oxygen atoms in total. The van der Waals surface area contributed by atoms with Crippen molar-refractivity contribution in [2.75, 3.05) is 13.7 Å². The number of rotatable bonds is 6. The highest BCUT2D eigenvalue weighted by atomic mass is 19.3. The third kappa shape index (κ3) is 3.11.